The third-order valence-electron chi connectivity index (χ3n) is 1.85. The molecule has 0 rings (SSSR count). The van der Waals surface area contributed by atoms with Gasteiger partial charge in [0.1, 0.15) is 5.72 Å². The highest BCUT2D eigenvalue weighted by Gasteiger charge is 2.20. The van der Waals surface area contributed by atoms with E-state index in [1.807, 2.05) is 0 Å². The lowest BCUT2D eigenvalue weighted by molar-refractivity contribution is -0.152. The first-order chi connectivity index (χ1) is 5.27. The molecule has 0 unspecified atom stereocenters. The van der Waals surface area contributed by atoms with Gasteiger partial charge >= 0.3 is 0 Å². The minimum atomic E-state index is -1.62. The minimum Gasteiger partial charge on any atom is -0.376 e. The van der Waals surface area contributed by atoms with E-state index in [9.17, 15) is 5.11 Å². The number of nitrogens with one attached hydrogen (secondary N) is 1. The van der Waals surface area contributed by atoms with Gasteiger partial charge in [-0.3, -0.25) is 5.32 Å². The maximum absolute atomic E-state index is 9.45. The van der Waals surface area contributed by atoms with Crippen LogP contribution >= 0.6 is 0 Å². The topological polar surface area (TPSA) is 72.7 Å². The van der Waals surface area contributed by atoms with Crippen LogP contribution in [0.1, 0.15) is 33.1 Å². The summed E-state index contributed by atoms with van der Waals surface area (Å²) in [6, 6.07) is 0. The molecule has 4 N–H and O–H groups in total. The van der Waals surface area contributed by atoms with Crippen molar-refractivity contribution in [3.63, 3.8) is 0 Å². The molecule has 0 saturated carbocycles. The Morgan fingerprint density at radius 1 is 1.08 bits per heavy atom. The van der Waals surface area contributed by atoms with Crippen molar-refractivity contribution in [2.75, 3.05) is 7.05 Å². The quantitative estimate of drug-likeness (QED) is 0.438. The van der Waals surface area contributed by atoms with Crippen LogP contribution in [-0.4, -0.2) is 33.9 Å². The second-order valence-corrected chi connectivity index (χ2v) is 3.59. The Hall–Kier alpha value is -0.160. The summed E-state index contributed by atoms with van der Waals surface area (Å²) < 4.78 is 0. The van der Waals surface area contributed by atoms with Crippen LogP contribution in [0.4, 0.5) is 0 Å². The van der Waals surface area contributed by atoms with E-state index >= 15 is 0 Å². The number of hydrogen-bond donors (Lipinski definition) is 4. The van der Waals surface area contributed by atoms with Crippen LogP contribution in [0.2, 0.25) is 0 Å². The van der Waals surface area contributed by atoms with E-state index in [1.165, 1.54) is 6.92 Å². The van der Waals surface area contributed by atoms with Gasteiger partial charge in [-0.05, 0) is 33.7 Å². The van der Waals surface area contributed by atoms with Crippen LogP contribution in [-0.2, 0) is 0 Å². The molecule has 74 valence electrons. The van der Waals surface area contributed by atoms with Gasteiger partial charge in [0.2, 0.25) is 0 Å². The summed E-state index contributed by atoms with van der Waals surface area (Å²) in [4.78, 5) is 0. The van der Waals surface area contributed by atoms with Crippen molar-refractivity contribution in [2.45, 2.75) is 44.6 Å². The van der Waals surface area contributed by atoms with Crippen LogP contribution in [0.5, 0.6) is 0 Å². The van der Waals surface area contributed by atoms with E-state index in [1.54, 1.807) is 14.0 Å². The average molecular weight is 177 g/mol. The fraction of sp³-hybridized carbons (Fsp3) is 1.00. The molecule has 0 spiro atoms. The fourth-order valence-corrected chi connectivity index (χ4v) is 0.893. The Morgan fingerprint density at radius 3 is 1.92 bits per heavy atom. The molecule has 0 heterocycles. The predicted molar refractivity (Wildman–Crippen MR) is 46.4 cm³/mol. The third-order valence-corrected chi connectivity index (χ3v) is 1.85. The first-order valence-corrected chi connectivity index (χ1v) is 4.13. The maximum Gasteiger partial charge on any atom is 0.159 e. The molecule has 0 aromatic rings. The molecular formula is C8H19NO3. The van der Waals surface area contributed by atoms with E-state index in [4.69, 9.17) is 10.2 Å². The molecule has 0 aliphatic heterocycles. The zero-order chi connectivity index (χ0) is 9.83. The lowest BCUT2D eigenvalue weighted by Crippen LogP contribution is -2.39. The van der Waals surface area contributed by atoms with E-state index in [0.29, 0.717) is 12.8 Å². The molecule has 0 aromatic carbocycles. The summed E-state index contributed by atoms with van der Waals surface area (Å²) in [5.41, 5.74) is -0.911. The van der Waals surface area contributed by atoms with Crippen molar-refractivity contribution in [2.24, 2.45) is 0 Å². The third kappa shape index (κ3) is 6.54. The molecular weight excluding hydrogens is 158 g/mol. The summed E-state index contributed by atoms with van der Waals surface area (Å²) in [6.45, 7) is 2.99. The molecule has 0 aliphatic carbocycles. The van der Waals surface area contributed by atoms with Crippen molar-refractivity contribution in [1.29, 1.82) is 0 Å². The van der Waals surface area contributed by atoms with Crippen molar-refractivity contribution >= 4 is 0 Å². The normalized spacial score (nSPS) is 17.5. The molecule has 0 saturated heterocycles. The van der Waals surface area contributed by atoms with E-state index in [2.05, 4.69) is 5.32 Å². The van der Waals surface area contributed by atoms with Gasteiger partial charge in [0.25, 0.3) is 0 Å². The highest BCUT2D eigenvalue weighted by molar-refractivity contribution is 4.68. The molecule has 1 atom stereocenters. The zero-order valence-electron chi connectivity index (χ0n) is 7.96. The van der Waals surface area contributed by atoms with Crippen LogP contribution in [0, 0.1) is 0 Å². The Balaban J connectivity index is 3.57. The molecule has 0 aliphatic rings. The minimum absolute atomic E-state index is 0.269. The first-order valence-electron chi connectivity index (χ1n) is 4.13. The summed E-state index contributed by atoms with van der Waals surface area (Å²) in [6.07, 6.45) is 1.34. The molecule has 0 fully saturated rings. The second-order valence-electron chi connectivity index (χ2n) is 3.59. The molecule has 4 heteroatoms. The van der Waals surface area contributed by atoms with Crippen LogP contribution in [0.3, 0.4) is 0 Å². The molecule has 0 aromatic heterocycles. The van der Waals surface area contributed by atoms with Crippen LogP contribution in [0.15, 0.2) is 0 Å². The molecule has 0 radical (unpaired) electrons. The summed E-state index contributed by atoms with van der Waals surface area (Å²) in [5, 5.41) is 30.0. The predicted octanol–water partition coefficient (Wildman–Crippen LogP) is -0.215. The van der Waals surface area contributed by atoms with Gasteiger partial charge in [0.15, 0.2) is 5.79 Å². The second kappa shape index (κ2) is 4.18. The van der Waals surface area contributed by atoms with E-state index in [0.717, 1.165) is 0 Å². The lowest BCUT2D eigenvalue weighted by atomic mass is 10.0. The van der Waals surface area contributed by atoms with Crippen molar-refractivity contribution in [3.8, 4) is 0 Å². The SMILES string of the molecule is CN[C@](C)(O)CCCC(C)(O)O. The lowest BCUT2D eigenvalue weighted by Gasteiger charge is -2.24. The first kappa shape index (κ1) is 11.8. The molecule has 0 bridgehead atoms. The standard InChI is InChI=1S/C8H19NO3/c1-7(10,9-3)5-4-6-8(2,11)12/h9-12H,4-6H2,1-3H3/t7-/m1/s1. The van der Waals surface area contributed by atoms with Crippen molar-refractivity contribution in [1.82, 2.24) is 5.32 Å². The average Bonchev–Trinajstić information content (AvgIpc) is 1.84. The van der Waals surface area contributed by atoms with Crippen LogP contribution in [0.25, 0.3) is 0 Å². The van der Waals surface area contributed by atoms with Gasteiger partial charge in [-0.2, -0.15) is 0 Å². The van der Waals surface area contributed by atoms with Crippen molar-refractivity contribution < 1.29 is 15.3 Å². The van der Waals surface area contributed by atoms with Gasteiger partial charge in [0.05, 0.1) is 0 Å². The molecule has 12 heavy (non-hydrogen) atoms. The highest BCUT2D eigenvalue weighted by Crippen LogP contribution is 2.14. The Labute approximate surface area is 73.2 Å². The number of hydrogen-bond acceptors (Lipinski definition) is 4. The zero-order valence-corrected chi connectivity index (χ0v) is 7.96. The molecule has 4 nitrogen and oxygen atoms in total. The molecule has 0 amide bonds. The number of rotatable bonds is 5. The van der Waals surface area contributed by atoms with Crippen molar-refractivity contribution in [3.05, 3.63) is 0 Å². The highest BCUT2D eigenvalue weighted by atomic mass is 16.5. The van der Waals surface area contributed by atoms with Gasteiger partial charge in [0, 0.05) is 6.42 Å². The maximum atomic E-state index is 9.45. The Kier molecular flexibility index (Phi) is 4.13. The Bertz CT molecular complexity index is 129. The van der Waals surface area contributed by atoms with Gasteiger partial charge in [-0.1, -0.05) is 0 Å². The summed E-state index contributed by atoms with van der Waals surface area (Å²) in [5.74, 6) is -1.62. The van der Waals surface area contributed by atoms with Gasteiger partial charge in [-0.25, -0.2) is 0 Å². The largest absolute Gasteiger partial charge is 0.376 e. The summed E-state index contributed by atoms with van der Waals surface area (Å²) in [7, 11) is 1.66. The number of aliphatic hydroxyl groups is 3. The fourth-order valence-electron chi connectivity index (χ4n) is 0.893. The monoisotopic (exact) mass is 177 g/mol. The summed E-state index contributed by atoms with van der Waals surface area (Å²) >= 11 is 0. The van der Waals surface area contributed by atoms with E-state index in [-0.39, 0.29) is 6.42 Å². The van der Waals surface area contributed by atoms with Crippen LogP contribution < -0.4 is 5.32 Å². The van der Waals surface area contributed by atoms with Gasteiger partial charge in [-0.15, -0.1) is 0 Å². The smallest absolute Gasteiger partial charge is 0.159 e. The Morgan fingerprint density at radius 2 is 1.58 bits per heavy atom. The van der Waals surface area contributed by atoms with E-state index < -0.39 is 11.5 Å². The van der Waals surface area contributed by atoms with Gasteiger partial charge < -0.3 is 15.3 Å².